The summed E-state index contributed by atoms with van der Waals surface area (Å²) in [5.41, 5.74) is 5.73. The molecule has 3 heteroatoms. The molecule has 0 bridgehead atoms. The number of ether oxygens (including phenoxy) is 1. The highest BCUT2D eigenvalue weighted by molar-refractivity contribution is 5.88. The van der Waals surface area contributed by atoms with Crippen LogP contribution in [0.15, 0.2) is 11.8 Å². The molecule has 2 N–H and O–H groups in total. The van der Waals surface area contributed by atoms with Gasteiger partial charge < -0.3 is 10.5 Å². The summed E-state index contributed by atoms with van der Waals surface area (Å²) in [6.07, 6.45) is 2.77. The van der Waals surface area contributed by atoms with Crippen molar-refractivity contribution in [3.8, 4) is 0 Å². The fraction of sp³-hybridized carbons (Fsp3) is 0.625. The molecule has 0 aromatic carbocycles. The predicted molar refractivity (Wildman–Crippen MR) is 43.8 cm³/mol. The quantitative estimate of drug-likeness (QED) is 0.492. The van der Waals surface area contributed by atoms with E-state index in [2.05, 4.69) is 0 Å². The molecule has 0 radical (unpaired) electrons. The average molecular weight is 157 g/mol. The second kappa shape index (κ2) is 5.77. The summed E-state index contributed by atoms with van der Waals surface area (Å²) in [6, 6.07) is 0. The van der Waals surface area contributed by atoms with Crippen LogP contribution in [0.4, 0.5) is 0 Å². The third-order valence-electron chi connectivity index (χ3n) is 1.28. The van der Waals surface area contributed by atoms with Gasteiger partial charge in [0.1, 0.15) is 0 Å². The van der Waals surface area contributed by atoms with E-state index in [1.165, 1.54) is 6.20 Å². The Kier molecular flexibility index (Phi) is 5.25. The molecule has 0 aromatic rings. The van der Waals surface area contributed by atoms with Gasteiger partial charge >= 0.3 is 5.97 Å². The molecule has 11 heavy (non-hydrogen) atoms. The van der Waals surface area contributed by atoms with Crippen LogP contribution < -0.4 is 5.73 Å². The predicted octanol–water partition coefficient (Wildman–Crippen LogP) is 1.19. The van der Waals surface area contributed by atoms with Gasteiger partial charge in [-0.15, -0.1) is 0 Å². The van der Waals surface area contributed by atoms with Crippen molar-refractivity contribution in [1.29, 1.82) is 0 Å². The van der Waals surface area contributed by atoms with Gasteiger partial charge in [0, 0.05) is 6.20 Å². The van der Waals surface area contributed by atoms with Crippen LogP contribution in [0, 0.1) is 0 Å². The van der Waals surface area contributed by atoms with Gasteiger partial charge in [-0.2, -0.15) is 0 Å². The smallest absolute Gasteiger partial charge is 0.335 e. The van der Waals surface area contributed by atoms with Gasteiger partial charge in [-0.25, -0.2) is 4.79 Å². The van der Waals surface area contributed by atoms with E-state index in [1.807, 2.05) is 13.8 Å². The van der Waals surface area contributed by atoms with Crippen molar-refractivity contribution >= 4 is 5.97 Å². The number of carbonyl (C=O) groups excluding carboxylic acids is 1. The summed E-state index contributed by atoms with van der Waals surface area (Å²) in [7, 11) is 0. The van der Waals surface area contributed by atoms with Gasteiger partial charge in [0.2, 0.25) is 0 Å². The van der Waals surface area contributed by atoms with Crippen molar-refractivity contribution in [2.45, 2.75) is 26.7 Å². The molecule has 64 valence electrons. The number of carbonyl (C=O) groups is 1. The Bertz CT molecular complexity index is 152. The lowest BCUT2D eigenvalue weighted by molar-refractivity contribution is -0.139. The van der Waals surface area contributed by atoms with Gasteiger partial charge in [0.05, 0.1) is 12.2 Å². The Hall–Kier alpha value is -0.990. The van der Waals surface area contributed by atoms with Crippen molar-refractivity contribution in [2.75, 3.05) is 6.61 Å². The first kappa shape index (κ1) is 10.0. The number of hydrogen-bond acceptors (Lipinski definition) is 3. The van der Waals surface area contributed by atoms with Crippen molar-refractivity contribution < 1.29 is 9.53 Å². The van der Waals surface area contributed by atoms with E-state index in [0.717, 1.165) is 6.42 Å². The molecule has 0 amide bonds. The summed E-state index contributed by atoms with van der Waals surface area (Å²) in [6.45, 7) is 4.28. The molecular formula is C8H15NO2. The lowest BCUT2D eigenvalue weighted by Gasteiger charge is -2.03. The second-order valence-electron chi connectivity index (χ2n) is 2.18. The van der Waals surface area contributed by atoms with Crippen molar-refractivity contribution in [1.82, 2.24) is 0 Å². The molecule has 0 aliphatic heterocycles. The highest BCUT2D eigenvalue weighted by Crippen LogP contribution is 2.01. The molecular weight excluding hydrogens is 142 g/mol. The summed E-state index contributed by atoms with van der Waals surface area (Å²) < 4.78 is 4.85. The van der Waals surface area contributed by atoms with E-state index in [1.54, 1.807) is 0 Å². The molecule has 0 unspecified atom stereocenters. The van der Waals surface area contributed by atoms with Crippen molar-refractivity contribution in [3.05, 3.63) is 11.8 Å². The van der Waals surface area contributed by atoms with E-state index in [-0.39, 0.29) is 5.97 Å². The number of nitrogens with two attached hydrogens (primary N) is 1. The van der Waals surface area contributed by atoms with E-state index in [4.69, 9.17) is 10.5 Å². The van der Waals surface area contributed by atoms with E-state index < -0.39 is 0 Å². The highest BCUT2D eigenvalue weighted by atomic mass is 16.5. The Labute approximate surface area is 67.2 Å². The summed E-state index contributed by atoms with van der Waals surface area (Å²) in [4.78, 5) is 11.0. The SMILES string of the molecule is CCCOC(=O)C(=CN)CC. The largest absolute Gasteiger partial charge is 0.462 e. The van der Waals surface area contributed by atoms with Crippen molar-refractivity contribution in [2.24, 2.45) is 5.73 Å². The van der Waals surface area contributed by atoms with Gasteiger partial charge in [-0.1, -0.05) is 13.8 Å². The fourth-order valence-corrected chi connectivity index (χ4v) is 0.618. The Morgan fingerprint density at radius 3 is 2.55 bits per heavy atom. The van der Waals surface area contributed by atoms with Crippen molar-refractivity contribution in [3.63, 3.8) is 0 Å². The fourth-order valence-electron chi connectivity index (χ4n) is 0.618. The minimum atomic E-state index is -0.295. The average Bonchev–Trinajstić information content (AvgIpc) is 2.03. The van der Waals surface area contributed by atoms with Gasteiger partial charge in [-0.05, 0) is 12.8 Å². The van der Waals surface area contributed by atoms with E-state index >= 15 is 0 Å². The van der Waals surface area contributed by atoms with Gasteiger partial charge in [0.15, 0.2) is 0 Å². The van der Waals surface area contributed by atoms with Crippen LogP contribution in [0.3, 0.4) is 0 Å². The van der Waals surface area contributed by atoms with Crippen LogP contribution in [0.1, 0.15) is 26.7 Å². The number of hydrogen-bond donors (Lipinski definition) is 1. The molecule has 0 atom stereocenters. The maximum absolute atomic E-state index is 11.0. The Morgan fingerprint density at radius 1 is 1.55 bits per heavy atom. The number of esters is 1. The van der Waals surface area contributed by atoms with Crippen LogP contribution in [0.25, 0.3) is 0 Å². The van der Waals surface area contributed by atoms with Crippen LogP contribution >= 0.6 is 0 Å². The Morgan fingerprint density at radius 2 is 2.18 bits per heavy atom. The molecule has 3 nitrogen and oxygen atoms in total. The standard InChI is InChI=1S/C8H15NO2/c1-3-5-11-8(10)7(4-2)6-9/h6H,3-5,9H2,1-2H3. The molecule has 0 aliphatic carbocycles. The van der Waals surface area contributed by atoms with Gasteiger partial charge in [-0.3, -0.25) is 0 Å². The summed E-state index contributed by atoms with van der Waals surface area (Å²) in [5.74, 6) is -0.295. The maximum Gasteiger partial charge on any atom is 0.335 e. The monoisotopic (exact) mass is 157 g/mol. The molecule has 0 saturated carbocycles. The second-order valence-corrected chi connectivity index (χ2v) is 2.18. The Balaban J connectivity index is 3.81. The van der Waals surface area contributed by atoms with Crippen LogP contribution in [0.5, 0.6) is 0 Å². The number of rotatable bonds is 4. The van der Waals surface area contributed by atoms with E-state index in [0.29, 0.717) is 18.6 Å². The minimum absolute atomic E-state index is 0.295. The molecule has 0 fully saturated rings. The molecule has 0 heterocycles. The minimum Gasteiger partial charge on any atom is -0.462 e. The first-order chi connectivity index (χ1) is 5.26. The zero-order valence-corrected chi connectivity index (χ0v) is 7.09. The first-order valence-electron chi connectivity index (χ1n) is 3.84. The van der Waals surface area contributed by atoms with Crippen LogP contribution in [-0.4, -0.2) is 12.6 Å². The zero-order valence-electron chi connectivity index (χ0n) is 7.09. The summed E-state index contributed by atoms with van der Waals surface area (Å²) >= 11 is 0. The third kappa shape index (κ3) is 3.65. The molecule has 0 spiro atoms. The first-order valence-corrected chi connectivity index (χ1v) is 3.84. The molecule has 0 aliphatic rings. The van der Waals surface area contributed by atoms with E-state index in [9.17, 15) is 4.79 Å². The zero-order chi connectivity index (χ0) is 8.69. The topological polar surface area (TPSA) is 52.3 Å². The van der Waals surface area contributed by atoms with Gasteiger partial charge in [0.25, 0.3) is 0 Å². The molecule has 0 aromatic heterocycles. The molecule has 0 rings (SSSR count). The lowest BCUT2D eigenvalue weighted by Crippen LogP contribution is -2.09. The normalized spacial score (nSPS) is 11.3. The van der Waals surface area contributed by atoms with Crippen LogP contribution in [-0.2, 0) is 9.53 Å². The summed E-state index contributed by atoms with van der Waals surface area (Å²) in [5, 5.41) is 0. The maximum atomic E-state index is 11.0. The highest BCUT2D eigenvalue weighted by Gasteiger charge is 2.06. The third-order valence-corrected chi connectivity index (χ3v) is 1.28. The molecule has 0 saturated heterocycles. The lowest BCUT2D eigenvalue weighted by atomic mass is 10.2. The van der Waals surface area contributed by atoms with Crippen LogP contribution in [0.2, 0.25) is 0 Å².